The number of thiophene rings is 1. The summed E-state index contributed by atoms with van der Waals surface area (Å²) in [5.41, 5.74) is 3.27. The van der Waals surface area contributed by atoms with E-state index in [1.165, 1.54) is 23.3 Å². The molecule has 1 amide bonds. The van der Waals surface area contributed by atoms with E-state index >= 15 is 0 Å². The molecular weight excluding hydrogens is 516 g/mol. The lowest BCUT2D eigenvalue weighted by molar-refractivity contribution is 0.0600. The minimum atomic E-state index is -0.398. The van der Waals surface area contributed by atoms with Gasteiger partial charge in [-0.2, -0.15) is 0 Å². The van der Waals surface area contributed by atoms with Crippen LogP contribution in [0.3, 0.4) is 0 Å². The molecule has 1 heterocycles. The molecule has 1 atom stereocenters. The SMILES string of the molecule is COC(=O)c1c(NC(=S)NC(=O)c2ccccc2OCCc2ccccc2)sc2c1CCC(C(C)(C)C)C2. The summed E-state index contributed by atoms with van der Waals surface area (Å²) in [5.74, 6) is 0.230. The van der Waals surface area contributed by atoms with E-state index in [4.69, 9.17) is 21.7 Å². The number of hydrogen-bond acceptors (Lipinski definition) is 6. The van der Waals surface area contributed by atoms with E-state index in [1.54, 1.807) is 18.2 Å². The van der Waals surface area contributed by atoms with Gasteiger partial charge in [-0.3, -0.25) is 10.1 Å². The van der Waals surface area contributed by atoms with E-state index in [2.05, 4.69) is 31.4 Å². The van der Waals surface area contributed by atoms with Gasteiger partial charge in [0.15, 0.2) is 5.11 Å². The summed E-state index contributed by atoms with van der Waals surface area (Å²) >= 11 is 7.00. The molecule has 38 heavy (non-hydrogen) atoms. The van der Waals surface area contributed by atoms with Gasteiger partial charge in [-0.05, 0) is 66.1 Å². The first kappa shape index (κ1) is 27.8. The Bertz CT molecular complexity index is 1310. The number of amides is 1. The van der Waals surface area contributed by atoms with Gasteiger partial charge in [-0.1, -0.05) is 63.2 Å². The average Bonchev–Trinajstić information content (AvgIpc) is 3.25. The number of benzene rings is 2. The summed E-state index contributed by atoms with van der Waals surface area (Å²) in [6.07, 6.45) is 3.46. The maximum absolute atomic E-state index is 13.1. The van der Waals surface area contributed by atoms with Crippen LogP contribution in [0.1, 0.15) is 63.9 Å². The van der Waals surface area contributed by atoms with E-state index in [0.29, 0.717) is 34.4 Å². The number of nitrogens with one attached hydrogen (secondary N) is 2. The lowest BCUT2D eigenvalue weighted by atomic mass is 9.72. The number of carbonyl (C=O) groups is 2. The van der Waals surface area contributed by atoms with Crippen LogP contribution in [0.5, 0.6) is 5.75 Å². The van der Waals surface area contributed by atoms with Crippen molar-refractivity contribution in [2.45, 2.75) is 46.5 Å². The zero-order valence-corrected chi connectivity index (χ0v) is 23.9. The Morgan fingerprint density at radius 3 is 2.50 bits per heavy atom. The first-order valence-electron chi connectivity index (χ1n) is 12.8. The van der Waals surface area contributed by atoms with Crippen molar-refractivity contribution in [1.29, 1.82) is 0 Å². The number of rotatable bonds is 7. The van der Waals surface area contributed by atoms with Gasteiger partial charge in [0.25, 0.3) is 5.91 Å². The van der Waals surface area contributed by atoms with Crippen LogP contribution < -0.4 is 15.4 Å². The molecular formula is C30H34N2O4S2. The molecule has 3 aromatic rings. The number of para-hydroxylation sites is 1. The molecule has 0 aliphatic heterocycles. The van der Waals surface area contributed by atoms with Crippen molar-refractivity contribution >= 4 is 45.5 Å². The summed E-state index contributed by atoms with van der Waals surface area (Å²) in [6.45, 7) is 7.20. The number of ether oxygens (including phenoxy) is 2. The van der Waals surface area contributed by atoms with Crippen molar-refractivity contribution in [1.82, 2.24) is 5.32 Å². The largest absolute Gasteiger partial charge is 0.492 e. The van der Waals surface area contributed by atoms with Crippen LogP contribution in [0.4, 0.5) is 5.00 Å². The van der Waals surface area contributed by atoms with Crippen LogP contribution in [0.15, 0.2) is 54.6 Å². The Hall–Kier alpha value is -3.23. The van der Waals surface area contributed by atoms with Crippen molar-refractivity contribution in [2.24, 2.45) is 11.3 Å². The fourth-order valence-electron chi connectivity index (χ4n) is 4.74. The molecule has 1 aliphatic rings. The molecule has 0 fully saturated rings. The van der Waals surface area contributed by atoms with Gasteiger partial charge in [0.1, 0.15) is 10.8 Å². The van der Waals surface area contributed by atoms with Gasteiger partial charge in [-0.15, -0.1) is 11.3 Å². The second-order valence-electron chi connectivity index (χ2n) is 10.5. The number of anilines is 1. The molecule has 2 aromatic carbocycles. The third-order valence-corrected chi connectivity index (χ3v) is 8.33. The van der Waals surface area contributed by atoms with Crippen LogP contribution in [-0.2, 0) is 24.0 Å². The highest BCUT2D eigenvalue weighted by Crippen LogP contribution is 2.44. The van der Waals surface area contributed by atoms with E-state index < -0.39 is 5.97 Å². The molecule has 1 aliphatic carbocycles. The zero-order chi connectivity index (χ0) is 27.3. The van der Waals surface area contributed by atoms with E-state index in [0.717, 1.165) is 36.8 Å². The molecule has 1 unspecified atom stereocenters. The van der Waals surface area contributed by atoms with Gasteiger partial charge in [0.05, 0.1) is 24.8 Å². The minimum absolute atomic E-state index is 0.116. The second kappa shape index (κ2) is 12.1. The predicted octanol–water partition coefficient (Wildman–Crippen LogP) is 6.43. The Morgan fingerprint density at radius 1 is 1.08 bits per heavy atom. The lowest BCUT2D eigenvalue weighted by Crippen LogP contribution is -2.34. The Kier molecular flexibility index (Phi) is 8.84. The molecule has 8 heteroatoms. The van der Waals surface area contributed by atoms with Crippen molar-refractivity contribution < 1.29 is 19.1 Å². The topological polar surface area (TPSA) is 76.7 Å². The van der Waals surface area contributed by atoms with Gasteiger partial charge in [0.2, 0.25) is 0 Å². The number of hydrogen-bond donors (Lipinski definition) is 2. The third-order valence-electron chi connectivity index (χ3n) is 6.96. The molecule has 6 nitrogen and oxygen atoms in total. The maximum atomic E-state index is 13.1. The fraction of sp³-hybridized carbons (Fsp3) is 0.367. The van der Waals surface area contributed by atoms with Crippen molar-refractivity contribution in [3.05, 3.63) is 81.7 Å². The van der Waals surface area contributed by atoms with E-state index in [-0.39, 0.29) is 16.4 Å². The minimum Gasteiger partial charge on any atom is -0.492 e. The number of thiocarbonyl (C=S) groups is 1. The Balaban J connectivity index is 1.45. The third kappa shape index (κ3) is 6.60. The lowest BCUT2D eigenvalue weighted by Gasteiger charge is -2.33. The molecule has 200 valence electrons. The first-order valence-corrected chi connectivity index (χ1v) is 14.0. The van der Waals surface area contributed by atoms with Crippen LogP contribution in [0.25, 0.3) is 0 Å². The van der Waals surface area contributed by atoms with Crippen molar-refractivity contribution in [3.63, 3.8) is 0 Å². The summed E-state index contributed by atoms with van der Waals surface area (Å²) in [6, 6.07) is 17.1. The zero-order valence-electron chi connectivity index (χ0n) is 22.3. The maximum Gasteiger partial charge on any atom is 0.341 e. The predicted molar refractivity (Wildman–Crippen MR) is 156 cm³/mol. The highest BCUT2D eigenvalue weighted by Gasteiger charge is 2.34. The molecule has 0 saturated heterocycles. The van der Waals surface area contributed by atoms with Crippen molar-refractivity contribution in [3.8, 4) is 5.75 Å². The van der Waals surface area contributed by atoms with Gasteiger partial charge >= 0.3 is 5.97 Å². The van der Waals surface area contributed by atoms with Crippen LogP contribution in [0.2, 0.25) is 0 Å². The normalized spacial score (nSPS) is 14.8. The van der Waals surface area contributed by atoms with Crippen LogP contribution >= 0.6 is 23.6 Å². The Labute approximate surface area is 233 Å². The Morgan fingerprint density at radius 2 is 1.79 bits per heavy atom. The monoisotopic (exact) mass is 550 g/mol. The molecule has 2 N–H and O–H groups in total. The standard InChI is InChI=1S/C30H34N2O4S2/c1-30(2,3)20-14-15-22-24(18-20)38-27(25(22)28(34)35-4)32-29(37)31-26(33)21-12-8-9-13-23(21)36-17-16-19-10-6-5-7-11-19/h5-13,20H,14-18H2,1-4H3,(H2,31,32,33,37). The van der Waals surface area contributed by atoms with Crippen LogP contribution in [-0.4, -0.2) is 30.7 Å². The van der Waals surface area contributed by atoms with Crippen molar-refractivity contribution in [2.75, 3.05) is 19.0 Å². The van der Waals surface area contributed by atoms with Crippen LogP contribution in [0, 0.1) is 11.3 Å². The summed E-state index contributed by atoms with van der Waals surface area (Å²) in [4.78, 5) is 27.0. The highest BCUT2D eigenvalue weighted by molar-refractivity contribution is 7.80. The van der Waals surface area contributed by atoms with E-state index in [9.17, 15) is 9.59 Å². The molecule has 0 spiro atoms. The summed E-state index contributed by atoms with van der Waals surface area (Å²) in [7, 11) is 1.38. The number of esters is 1. The van der Waals surface area contributed by atoms with Gasteiger partial charge < -0.3 is 14.8 Å². The summed E-state index contributed by atoms with van der Waals surface area (Å²) in [5, 5.41) is 6.57. The molecule has 4 rings (SSSR count). The fourth-order valence-corrected chi connectivity index (χ4v) is 6.32. The van der Waals surface area contributed by atoms with Gasteiger partial charge in [-0.25, -0.2) is 4.79 Å². The molecule has 0 bridgehead atoms. The molecule has 1 aromatic heterocycles. The molecule has 0 saturated carbocycles. The van der Waals surface area contributed by atoms with E-state index in [1.807, 2.05) is 36.4 Å². The first-order chi connectivity index (χ1) is 18.2. The smallest absolute Gasteiger partial charge is 0.341 e. The average molecular weight is 551 g/mol. The highest BCUT2D eigenvalue weighted by atomic mass is 32.1. The molecule has 0 radical (unpaired) electrons. The number of fused-ring (bicyclic) bond motifs is 1. The number of methoxy groups -OCH3 is 1. The van der Waals surface area contributed by atoms with Gasteiger partial charge in [0, 0.05) is 11.3 Å². The number of carbonyl (C=O) groups excluding carboxylic acids is 2. The quantitative estimate of drug-likeness (QED) is 0.261. The summed E-state index contributed by atoms with van der Waals surface area (Å²) < 4.78 is 11.0. The second-order valence-corrected chi connectivity index (χ2v) is 12.0.